The molecular formula is C16H22O5. The highest BCUT2D eigenvalue weighted by molar-refractivity contribution is 6.17. The molecule has 0 bridgehead atoms. The minimum Gasteiger partial charge on any atom is -0.493 e. The zero-order valence-electron chi connectivity index (χ0n) is 13.4. The molecule has 1 aromatic carbocycles. The number of methoxy groups -OCH3 is 3. The first-order valence-corrected chi connectivity index (χ1v) is 6.65. The van der Waals surface area contributed by atoms with Gasteiger partial charge in [-0.25, -0.2) is 4.79 Å². The number of rotatable bonds is 6. The molecule has 5 heteroatoms. The molecule has 0 saturated carbocycles. The van der Waals surface area contributed by atoms with Gasteiger partial charge in [-0.2, -0.15) is 0 Å². The molecule has 21 heavy (non-hydrogen) atoms. The molecule has 0 aliphatic carbocycles. The first-order valence-electron chi connectivity index (χ1n) is 6.65. The molecule has 0 amide bonds. The van der Waals surface area contributed by atoms with Crippen molar-refractivity contribution in [2.45, 2.75) is 20.8 Å². The van der Waals surface area contributed by atoms with E-state index < -0.39 is 0 Å². The van der Waals surface area contributed by atoms with Crippen LogP contribution in [0, 0.1) is 0 Å². The Bertz CT molecular complexity index is 517. The summed E-state index contributed by atoms with van der Waals surface area (Å²) in [6, 6.07) is 3.47. The van der Waals surface area contributed by atoms with Gasteiger partial charge in [0.05, 0.1) is 33.5 Å². The summed E-state index contributed by atoms with van der Waals surface area (Å²) < 4.78 is 21.0. The Kier molecular flexibility index (Phi) is 6.09. The van der Waals surface area contributed by atoms with Crippen LogP contribution in [0.25, 0.3) is 5.57 Å². The second kappa shape index (κ2) is 7.57. The molecule has 1 aromatic rings. The summed E-state index contributed by atoms with van der Waals surface area (Å²) in [5, 5.41) is 0. The van der Waals surface area contributed by atoms with E-state index in [4.69, 9.17) is 18.9 Å². The van der Waals surface area contributed by atoms with Crippen LogP contribution in [0.2, 0.25) is 0 Å². The van der Waals surface area contributed by atoms with Gasteiger partial charge in [0, 0.05) is 0 Å². The molecule has 0 aliphatic rings. The molecule has 0 heterocycles. The SMILES string of the molecule is CCOC(=O)C(=C(C)C)c1cc(OC)c(OC)c(OC)c1. The third kappa shape index (κ3) is 3.68. The Morgan fingerprint density at radius 1 is 1.00 bits per heavy atom. The first kappa shape index (κ1) is 16.9. The number of allylic oxidation sites excluding steroid dienone is 1. The van der Waals surface area contributed by atoms with Crippen molar-refractivity contribution in [2.24, 2.45) is 0 Å². The lowest BCUT2D eigenvalue weighted by atomic mass is 10.0. The van der Waals surface area contributed by atoms with Crippen molar-refractivity contribution in [3.8, 4) is 17.2 Å². The van der Waals surface area contributed by atoms with Crippen molar-refractivity contribution in [3.05, 3.63) is 23.3 Å². The van der Waals surface area contributed by atoms with Crippen molar-refractivity contribution < 1.29 is 23.7 Å². The van der Waals surface area contributed by atoms with Gasteiger partial charge in [0.15, 0.2) is 11.5 Å². The van der Waals surface area contributed by atoms with Crippen molar-refractivity contribution in [3.63, 3.8) is 0 Å². The zero-order valence-corrected chi connectivity index (χ0v) is 13.4. The van der Waals surface area contributed by atoms with E-state index in [-0.39, 0.29) is 5.97 Å². The molecular weight excluding hydrogens is 272 g/mol. The highest BCUT2D eigenvalue weighted by atomic mass is 16.5. The first-order chi connectivity index (χ1) is 9.99. The monoisotopic (exact) mass is 294 g/mol. The molecule has 5 nitrogen and oxygen atoms in total. The lowest BCUT2D eigenvalue weighted by molar-refractivity contribution is -0.136. The lowest BCUT2D eigenvalue weighted by Gasteiger charge is -2.16. The summed E-state index contributed by atoms with van der Waals surface area (Å²) in [4.78, 5) is 12.1. The molecule has 116 valence electrons. The number of benzene rings is 1. The number of hydrogen-bond donors (Lipinski definition) is 0. The molecule has 0 aliphatic heterocycles. The van der Waals surface area contributed by atoms with Crippen LogP contribution in [0.1, 0.15) is 26.3 Å². The highest BCUT2D eigenvalue weighted by Gasteiger charge is 2.20. The van der Waals surface area contributed by atoms with Crippen molar-refractivity contribution in [2.75, 3.05) is 27.9 Å². The van der Waals surface area contributed by atoms with Crippen LogP contribution >= 0.6 is 0 Å². The van der Waals surface area contributed by atoms with Crippen LogP contribution in [0.15, 0.2) is 17.7 Å². The van der Waals surface area contributed by atoms with E-state index in [2.05, 4.69) is 0 Å². The summed E-state index contributed by atoms with van der Waals surface area (Å²) in [7, 11) is 4.61. The van der Waals surface area contributed by atoms with E-state index in [0.717, 1.165) is 5.57 Å². The summed E-state index contributed by atoms with van der Waals surface area (Å²) in [5.41, 5.74) is 2.02. The molecule has 0 N–H and O–H groups in total. The maximum Gasteiger partial charge on any atom is 0.338 e. The van der Waals surface area contributed by atoms with Gasteiger partial charge < -0.3 is 18.9 Å². The maximum absolute atomic E-state index is 12.1. The summed E-state index contributed by atoms with van der Waals surface area (Å²) in [6.45, 7) is 5.81. The van der Waals surface area contributed by atoms with E-state index in [0.29, 0.717) is 35.0 Å². The predicted octanol–water partition coefficient (Wildman–Crippen LogP) is 3.07. The Hall–Kier alpha value is -2.17. The van der Waals surface area contributed by atoms with E-state index in [1.54, 1.807) is 19.1 Å². The number of carbonyl (C=O) groups excluding carboxylic acids is 1. The number of hydrogen-bond acceptors (Lipinski definition) is 5. The van der Waals surface area contributed by atoms with E-state index in [9.17, 15) is 4.79 Å². The van der Waals surface area contributed by atoms with Crippen LogP contribution < -0.4 is 14.2 Å². The zero-order chi connectivity index (χ0) is 16.0. The van der Waals surface area contributed by atoms with E-state index >= 15 is 0 Å². The number of ether oxygens (including phenoxy) is 4. The maximum atomic E-state index is 12.1. The molecule has 0 unspecified atom stereocenters. The minimum absolute atomic E-state index is 0.319. The van der Waals surface area contributed by atoms with Gasteiger partial charge in [0.1, 0.15) is 0 Å². The molecule has 0 spiro atoms. The van der Waals surface area contributed by atoms with Crippen LogP contribution in [-0.2, 0) is 9.53 Å². The lowest BCUT2D eigenvalue weighted by Crippen LogP contribution is -2.09. The highest BCUT2D eigenvalue weighted by Crippen LogP contribution is 2.40. The van der Waals surface area contributed by atoms with Crippen LogP contribution in [-0.4, -0.2) is 33.9 Å². The second-order valence-electron chi connectivity index (χ2n) is 4.51. The Morgan fingerprint density at radius 2 is 1.52 bits per heavy atom. The normalized spacial score (nSPS) is 9.81. The van der Waals surface area contributed by atoms with Crippen LogP contribution in [0.4, 0.5) is 0 Å². The van der Waals surface area contributed by atoms with Crippen molar-refractivity contribution in [1.82, 2.24) is 0 Å². The number of carbonyl (C=O) groups is 1. The fourth-order valence-corrected chi connectivity index (χ4v) is 2.04. The Morgan fingerprint density at radius 3 is 1.86 bits per heavy atom. The van der Waals surface area contributed by atoms with Crippen molar-refractivity contribution in [1.29, 1.82) is 0 Å². The van der Waals surface area contributed by atoms with E-state index in [1.165, 1.54) is 21.3 Å². The standard InChI is InChI=1S/C16H22O5/c1-7-21-16(17)14(10(2)3)11-8-12(18-4)15(20-6)13(9-11)19-5/h8-9H,7H2,1-6H3. The van der Waals surface area contributed by atoms with Gasteiger partial charge in [0.25, 0.3) is 0 Å². The van der Waals surface area contributed by atoms with Gasteiger partial charge in [-0.15, -0.1) is 0 Å². The molecule has 0 radical (unpaired) electrons. The number of esters is 1. The predicted molar refractivity (Wildman–Crippen MR) is 81.0 cm³/mol. The van der Waals surface area contributed by atoms with Gasteiger partial charge in [0.2, 0.25) is 5.75 Å². The second-order valence-corrected chi connectivity index (χ2v) is 4.51. The fraction of sp³-hybridized carbons (Fsp3) is 0.438. The fourth-order valence-electron chi connectivity index (χ4n) is 2.04. The average molecular weight is 294 g/mol. The topological polar surface area (TPSA) is 54.0 Å². The summed E-state index contributed by atoms with van der Waals surface area (Å²) in [6.07, 6.45) is 0. The average Bonchev–Trinajstić information content (AvgIpc) is 2.46. The minimum atomic E-state index is -0.369. The molecule has 0 fully saturated rings. The Labute approximate surface area is 125 Å². The molecule has 0 aromatic heterocycles. The summed E-state index contributed by atoms with van der Waals surface area (Å²) >= 11 is 0. The smallest absolute Gasteiger partial charge is 0.338 e. The van der Waals surface area contributed by atoms with Gasteiger partial charge in [-0.3, -0.25) is 0 Å². The molecule has 1 rings (SSSR count). The third-order valence-corrected chi connectivity index (χ3v) is 2.93. The largest absolute Gasteiger partial charge is 0.493 e. The molecule has 0 atom stereocenters. The van der Waals surface area contributed by atoms with Crippen molar-refractivity contribution >= 4 is 11.5 Å². The van der Waals surface area contributed by atoms with E-state index in [1.807, 2.05) is 13.8 Å². The van der Waals surface area contributed by atoms with Crippen LogP contribution in [0.3, 0.4) is 0 Å². The van der Waals surface area contributed by atoms with Gasteiger partial charge in [-0.1, -0.05) is 5.57 Å². The third-order valence-electron chi connectivity index (χ3n) is 2.93. The van der Waals surface area contributed by atoms with Crippen LogP contribution in [0.5, 0.6) is 17.2 Å². The van der Waals surface area contributed by atoms with Gasteiger partial charge >= 0.3 is 5.97 Å². The Balaban J connectivity index is 3.47. The quantitative estimate of drug-likeness (QED) is 0.596. The van der Waals surface area contributed by atoms with Gasteiger partial charge in [-0.05, 0) is 38.5 Å². The molecule has 0 saturated heterocycles. The summed E-state index contributed by atoms with van der Waals surface area (Å²) in [5.74, 6) is 1.11.